The number of amides is 3. The van der Waals surface area contributed by atoms with Crippen LogP contribution in [-0.4, -0.2) is 47.5 Å². The second-order valence-electron chi connectivity index (χ2n) is 7.53. The SMILES string of the molecule is CN1C(=O)N(c2ccc(N)c(C(F)(F)F)c2)C(=O)C1(COC(=O)CCC(=O)O)c1ccccc1. The number of carbonyl (C=O) groups is 4. The van der Waals surface area contributed by atoms with Crippen molar-refractivity contribution in [1.29, 1.82) is 0 Å². The van der Waals surface area contributed by atoms with Gasteiger partial charge in [-0.25, -0.2) is 9.69 Å². The molecule has 0 aliphatic carbocycles. The molecule has 0 aromatic heterocycles. The average molecular weight is 479 g/mol. The van der Waals surface area contributed by atoms with Crippen LogP contribution in [0, 0.1) is 0 Å². The van der Waals surface area contributed by atoms with E-state index in [1.54, 1.807) is 18.2 Å². The Labute approximate surface area is 191 Å². The number of esters is 1. The van der Waals surface area contributed by atoms with Crippen molar-refractivity contribution in [1.82, 2.24) is 4.90 Å². The Morgan fingerprint density at radius 1 is 1.09 bits per heavy atom. The average Bonchev–Trinajstić information content (AvgIpc) is 2.97. The lowest BCUT2D eigenvalue weighted by atomic mass is 9.89. The topological polar surface area (TPSA) is 130 Å². The van der Waals surface area contributed by atoms with E-state index in [0.717, 1.165) is 17.0 Å². The zero-order valence-electron chi connectivity index (χ0n) is 17.8. The largest absolute Gasteiger partial charge is 0.481 e. The summed E-state index contributed by atoms with van der Waals surface area (Å²) in [6.45, 7) is -0.672. The van der Waals surface area contributed by atoms with E-state index in [1.165, 1.54) is 19.2 Å². The van der Waals surface area contributed by atoms with Gasteiger partial charge in [-0.1, -0.05) is 30.3 Å². The monoisotopic (exact) mass is 479 g/mol. The highest BCUT2D eigenvalue weighted by Crippen LogP contribution is 2.42. The Balaban J connectivity index is 2.05. The van der Waals surface area contributed by atoms with Gasteiger partial charge in [0.1, 0.15) is 6.61 Å². The summed E-state index contributed by atoms with van der Waals surface area (Å²) in [7, 11) is 1.25. The number of aliphatic carboxylic acids is 1. The van der Waals surface area contributed by atoms with Crippen molar-refractivity contribution in [3.8, 4) is 0 Å². The van der Waals surface area contributed by atoms with Crippen molar-refractivity contribution >= 4 is 35.3 Å². The van der Waals surface area contributed by atoms with Crippen LogP contribution in [0.5, 0.6) is 0 Å². The summed E-state index contributed by atoms with van der Waals surface area (Å²) in [6, 6.07) is 9.48. The number of hydrogen-bond donors (Lipinski definition) is 2. The molecule has 2 aromatic carbocycles. The van der Waals surface area contributed by atoms with E-state index in [-0.39, 0.29) is 11.3 Å². The van der Waals surface area contributed by atoms with Gasteiger partial charge in [-0.2, -0.15) is 13.2 Å². The molecule has 1 heterocycles. The Morgan fingerprint density at radius 2 is 1.74 bits per heavy atom. The van der Waals surface area contributed by atoms with Crippen molar-refractivity contribution in [2.75, 3.05) is 24.3 Å². The van der Waals surface area contributed by atoms with Gasteiger partial charge >= 0.3 is 24.1 Å². The van der Waals surface area contributed by atoms with Gasteiger partial charge in [-0.3, -0.25) is 14.4 Å². The number of nitrogen functional groups attached to an aromatic ring is 1. The van der Waals surface area contributed by atoms with Crippen LogP contribution in [0.4, 0.5) is 29.3 Å². The third kappa shape index (κ3) is 4.38. The first kappa shape index (κ1) is 24.6. The van der Waals surface area contributed by atoms with Crippen molar-refractivity contribution in [2.45, 2.75) is 24.6 Å². The fraction of sp³-hybridized carbons (Fsp3) is 0.273. The molecular weight excluding hydrogens is 459 g/mol. The normalized spacial score (nSPS) is 18.4. The molecule has 1 unspecified atom stereocenters. The number of imide groups is 1. The number of carboxylic acids is 1. The standard InChI is InChI=1S/C22H20F3N3O6/c1-27-20(33)28(14-7-8-16(26)15(11-14)22(23,24)25)19(32)21(27,13-5-3-2-4-6-13)12-34-18(31)10-9-17(29)30/h2-8,11H,9-10,12,26H2,1H3,(H,29,30). The highest BCUT2D eigenvalue weighted by molar-refractivity contribution is 6.23. The predicted molar refractivity (Wildman–Crippen MR) is 112 cm³/mol. The Hall–Kier alpha value is -4.09. The fourth-order valence-electron chi connectivity index (χ4n) is 3.62. The number of hydrogen-bond acceptors (Lipinski definition) is 6. The number of carbonyl (C=O) groups excluding carboxylic acids is 3. The van der Waals surface area contributed by atoms with Gasteiger partial charge in [-0.15, -0.1) is 0 Å². The number of halogens is 3. The van der Waals surface area contributed by atoms with Crippen LogP contribution < -0.4 is 10.6 Å². The Kier molecular flexibility index (Phi) is 6.53. The quantitative estimate of drug-likeness (QED) is 0.355. The minimum Gasteiger partial charge on any atom is -0.481 e. The van der Waals surface area contributed by atoms with Crippen LogP contribution >= 0.6 is 0 Å². The smallest absolute Gasteiger partial charge is 0.418 e. The summed E-state index contributed by atoms with van der Waals surface area (Å²) in [5.41, 5.74) is 1.62. The van der Waals surface area contributed by atoms with Crippen LogP contribution in [0.1, 0.15) is 24.0 Å². The minimum atomic E-state index is -4.83. The van der Waals surface area contributed by atoms with E-state index >= 15 is 0 Å². The third-order valence-corrected chi connectivity index (χ3v) is 5.44. The van der Waals surface area contributed by atoms with E-state index in [9.17, 15) is 32.3 Å². The molecule has 0 spiro atoms. The molecule has 1 atom stereocenters. The third-order valence-electron chi connectivity index (χ3n) is 5.44. The lowest BCUT2D eigenvalue weighted by Crippen LogP contribution is -2.49. The summed E-state index contributed by atoms with van der Waals surface area (Å²) in [4.78, 5) is 51.1. The molecular formula is C22H20F3N3O6. The zero-order chi connectivity index (χ0) is 25.3. The molecule has 1 aliphatic heterocycles. The van der Waals surface area contributed by atoms with E-state index < -0.39 is 66.3 Å². The van der Waals surface area contributed by atoms with E-state index in [0.29, 0.717) is 11.0 Å². The summed E-state index contributed by atoms with van der Waals surface area (Å²) in [6.07, 6.45) is -5.80. The van der Waals surface area contributed by atoms with E-state index in [1.807, 2.05) is 0 Å². The second kappa shape index (κ2) is 9.04. The fourth-order valence-corrected chi connectivity index (χ4v) is 3.62. The molecule has 1 fully saturated rings. The number of urea groups is 1. The lowest BCUT2D eigenvalue weighted by molar-refractivity contribution is -0.152. The maximum Gasteiger partial charge on any atom is 0.418 e. The number of anilines is 2. The van der Waals surface area contributed by atoms with Crippen molar-refractivity contribution in [3.05, 3.63) is 59.7 Å². The summed E-state index contributed by atoms with van der Waals surface area (Å²) >= 11 is 0. The number of carboxylic acid groups (broad SMARTS) is 1. The number of rotatable bonds is 7. The van der Waals surface area contributed by atoms with Crippen LogP contribution in [0.15, 0.2) is 48.5 Å². The number of benzene rings is 2. The molecule has 9 nitrogen and oxygen atoms in total. The van der Waals surface area contributed by atoms with Gasteiger partial charge in [0.15, 0.2) is 5.54 Å². The van der Waals surface area contributed by atoms with Crippen molar-refractivity contribution in [2.24, 2.45) is 0 Å². The summed E-state index contributed by atoms with van der Waals surface area (Å²) in [5.74, 6) is -3.10. The van der Waals surface area contributed by atoms with Gasteiger partial charge in [0, 0.05) is 12.7 Å². The second-order valence-corrected chi connectivity index (χ2v) is 7.53. The van der Waals surface area contributed by atoms with Gasteiger partial charge in [0.25, 0.3) is 5.91 Å². The molecule has 2 aromatic rings. The number of ether oxygens (including phenoxy) is 1. The molecule has 180 valence electrons. The predicted octanol–water partition coefficient (Wildman–Crippen LogP) is 2.99. The molecule has 3 amide bonds. The zero-order valence-corrected chi connectivity index (χ0v) is 17.8. The number of likely N-dealkylation sites (N-methyl/N-ethyl adjacent to an activating group) is 1. The van der Waals surface area contributed by atoms with Gasteiger partial charge in [0.05, 0.1) is 24.1 Å². The van der Waals surface area contributed by atoms with Crippen LogP contribution in [0.3, 0.4) is 0 Å². The lowest BCUT2D eigenvalue weighted by Gasteiger charge is -2.32. The van der Waals surface area contributed by atoms with Gasteiger partial charge < -0.3 is 20.5 Å². The molecule has 12 heteroatoms. The van der Waals surface area contributed by atoms with Gasteiger partial charge in [0.2, 0.25) is 0 Å². The molecule has 1 saturated heterocycles. The Morgan fingerprint density at radius 3 is 2.32 bits per heavy atom. The molecule has 34 heavy (non-hydrogen) atoms. The van der Waals surface area contributed by atoms with Crippen LogP contribution in [0.25, 0.3) is 0 Å². The first-order valence-electron chi connectivity index (χ1n) is 9.91. The number of nitrogens with two attached hydrogens (primary N) is 1. The first-order chi connectivity index (χ1) is 15.9. The molecule has 3 rings (SSSR count). The number of alkyl halides is 3. The maximum absolute atomic E-state index is 13.6. The Bertz CT molecular complexity index is 1140. The molecule has 0 radical (unpaired) electrons. The van der Waals surface area contributed by atoms with E-state index in [4.69, 9.17) is 15.6 Å². The number of nitrogens with zero attached hydrogens (tertiary/aromatic N) is 2. The van der Waals surface area contributed by atoms with Gasteiger partial charge in [-0.05, 0) is 23.8 Å². The summed E-state index contributed by atoms with van der Waals surface area (Å²) < 4.78 is 45.3. The highest BCUT2D eigenvalue weighted by atomic mass is 19.4. The molecule has 0 saturated carbocycles. The first-order valence-corrected chi connectivity index (χ1v) is 9.91. The van der Waals surface area contributed by atoms with Crippen LogP contribution in [0.2, 0.25) is 0 Å². The summed E-state index contributed by atoms with van der Waals surface area (Å²) in [5, 5.41) is 8.74. The van der Waals surface area contributed by atoms with Crippen molar-refractivity contribution < 1.29 is 42.2 Å². The minimum absolute atomic E-state index is 0.246. The molecule has 3 N–H and O–H groups in total. The van der Waals surface area contributed by atoms with E-state index in [2.05, 4.69) is 0 Å². The molecule has 1 aliphatic rings. The molecule has 0 bridgehead atoms. The maximum atomic E-state index is 13.6. The highest BCUT2D eigenvalue weighted by Gasteiger charge is 2.58. The van der Waals surface area contributed by atoms with Crippen LogP contribution in [-0.2, 0) is 30.8 Å². The van der Waals surface area contributed by atoms with Crippen molar-refractivity contribution in [3.63, 3.8) is 0 Å².